The van der Waals surface area contributed by atoms with Crippen LogP contribution in [-0.4, -0.2) is 53.1 Å². The van der Waals surface area contributed by atoms with Gasteiger partial charge in [-0.2, -0.15) is 0 Å². The first kappa shape index (κ1) is 19.2. The molecule has 0 spiro atoms. The number of carbonyl (C=O) groups excluding carboxylic acids is 2. The number of rotatable bonds is 9. The fraction of sp³-hybridized carbons (Fsp3) is 0.786. The van der Waals surface area contributed by atoms with Crippen molar-refractivity contribution in [1.29, 1.82) is 0 Å². The van der Waals surface area contributed by atoms with E-state index in [0.29, 0.717) is 25.9 Å². The number of hydrogen-bond donors (Lipinski definition) is 3. The van der Waals surface area contributed by atoms with E-state index in [-0.39, 0.29) is 18.9 Å². The van der Waals surface area contributed by atoms with Gasteiger partial charge in [-0.25, -0.2) is 9.59 Å². The van der Waals surface area contributed by atoms with E-state index in [4.69, 9.17) is 5.11 Å². The molecule has 3 N–H and O–H groups in total. The Morgan fingerprint density at radius 1 is 1.14 bits per heavy atom. The second-order valence-electron chi connectivity index (χ2n) is 5.08. The molecule has 122 valence electrons. The topological polar surface area (TPSA) is 98.7 Å². The van der Waals surface area contributed by atoms with Gasteiger partial charge in [-0.05, 0) is 27.2 Å². The Hall–Kier alpha value is -1.79. The summed E-state index contributed by atoms with van der Waals surface area (Å²) < 4.78 is 0. The van der Waals surface area contributed by atoms with Crippen molar-refractivity contribution in [3.63, 3.8) is 0 Å². The number of nitrogens with one attached hydrogen (secondary N) is 2. The van der Waals surface area contributed by atoms with E-state index in [1.807, 2.05) is 20.8 Å². The third-order valence-corrected chi connectivity index (χ3v) is 3.35. The van der Waals surface area contributed by atoms with E-state index in [1.165, 1.54) is 6.92 Å². The maximum absolute atomic E-state index is 11.7. The molecule has 0 heterocycles. The van der Waals surface area contributed by atoms with Crippen molar-refractivity contribution in [2.45, 2.75) is 52.5 Å². The number of carbonyl (C=O) groups is 3. The highest BCUT2D eigenvalue weighted by atomic mass is 16.4. The van der Waals surface area contributed by atoms with E-state index < -0.39 is 17.5 Å². The fourth-order valence-electron chi connectivity index (χ4n) is 2.04. The van der Waals surface area contributed by atoms with Crippen molar-refractivity contribution >= 4 is 17.9 Å². The molecule has 1 unspecified atom stereocenters. The van der Waals surface area contributed by atoms with Crippen LogP contribution in [0, 0.1) is 0 Å². The van der Waals surface area contributed by atoms with Crippen LogP contribution in [0.2, 0.25) is 0 Å². The van der Waals surface area contributed by atoms with Crippen molar-refractivity contribution < 1.29 is 19.5 Å². The Morgan fingerprint density at radius 2 is 1.71 bits per heavy atom. The molecule has 0 saturated carbocycles. The van der Waals surface area contributed by atoms with Crippen molar-refractivity contribution in [3.8, 4) is 0 Å². The summed E-state index contributed by atoms with van der Waals surface area (Å²) in [4.78, 5) is 36.3. The Morgan fingerprint density at radius 3 is 2.14 bits per heavy atom. The Labute approximate surface area is 126 Å². The lowest BCUT2D eigenvalue weighted by Gasteiger charge is -2.26. The molecule has 0 aromatic rings. The van der Waals surface area contributed by atoms with Crippen LogP contribution < -0.4 is 10.6 Å². The van der Waals surface area contributed by atoms with E-state index in [0.717, 1.165) is 0 Å². The first-order chi connectivity index (χ1) is 9.80. The summed E-state index contributed by atoms with van der Waals surface area (Å²) in [6.45, 7) is 8.56. The van der Waals surface area contributed by atoms with Crippen LogP contribution in [0.15, 0.2) is 0 Å². The van der Waals surface area contributed by atoms with Crippen LogP contribution in [0.3, 0.4) is 0 Å². The highest BCUT2D eigenvalue weighted by molar-refractivity contribution is 5.86. The van der Waals surface area contributed by atoms with Gasteiger partial charge in [-0.15, -0.1) is 0 Å². The lowest BCUT2D eigenvalue weighted by atomic mass is 9.97. The average molecular weight is 301 g/mol. The van der Waals surface area contributed by atoms with Gasteiger partial charge in [0.25, 0.3) is 0 Å². The number of nitrogens with zero attached hydrogens (tertiary/aromatic N) is 1. The van der Waals surface area contributed by atoms with Crippen molar-refractivity contribution in [1.82, 2.24) is 15.5 Å². The number of aliphatic carboxylic acids is 1. The molecule has 7 nitrogen and oxygen atoms in total. The van der Waals surface area contributed by atoms with Crippen LogP contribution >= 0.6 is 0 Å². The molecule has 0 rings (SSSR count). The minimum atomic E-state index is -1.29. The predicted molar refractivity (Wildman–Crippen MR) is 80.0 cm³/mol. The lowest BCUT2D eigenvalue weighted by molar-refractivity contribution is -0.144. The molecule has 0 aliphatic heterocycles. The molecular formula is C14H27N3O4. The number of carboxylic acid groups (broad SMARTS) is 1. The average Bonchev–Trinajstić information content (AvgIpc) is 2.40. The second kappa shape index (κ2) is 9.20. The van der Waals surface area contributed by atoms with Gasteiger partial charge < -0.3 is 20.6 Å². The number of carboxylic acids is 1. The highest BCUT2D eigenvalue weighted by Crippen LogP contribution is 2.12. The molecule has 0 aromatic heterocycles. The van der Waals surface area contributed by atoms with Gasteiger partial charge in [0.15, 0.2) is 0 Å². The van der Waals surface area contributed by atoms with E-state index >= 15 is 0 Å². The second-order valence-corrected chi connectivity index (χ2v) is 5.08. The maximum Gasteiger partial charge on any atom is 0.329 e. The quantitative estimate of drug-likeness (QED) is 0.595. The zero-order valence-corrected chi connectivity index (χ0v) is 13.4. The van der Waals surface area contributed by atoms with Crippen LogP contribution in [0.4, 0.5) is 4.79 Å². The van der Waals surface area contributed by atoms with Crippen LogP contribution in [-0.2, 0) is 9.59 Å². The van der Waals surface area contributed by atoms with Gasteiger partial charge in [0.1, 0.15) is 5.54 Å². The molecule has 3 amide bonds. The summed E-state index contributed by atoms with van der Waals surface area (Å²) in [7, 11) is 0. The van der Waals surface area contributed by atoms with Gasteiger partial charge in [0.05, 0.1) is 0 Å². The summed E-state index contributed by atoms with van der Waals surface area (Å²) in [5, 5.41) is 14.1. The van der Waals surface area contributed by atoms with E-state index in [9.17, 15) is 14.4 Å². The summed E-state index contributed by atoms with van der Waals surface area (Å²) >= 11 is 0. The molecule has 1 atom stereocenters. The van der Waals surface area contributed by atoms with Crippen molar-refractivity contribution in [2.24, 2.45) is 0 Å². The third-order valence-electron chi connectivity index (χ3n) is 3.35. The SMILES string of the molecule is CCCC(C)(NC(=O)NCCC(=O)N(CC)CC)C(=O)O. The molecule has 0 aromatic carbocycles. The monoisotopic (exact) mass is 301 g/mol. The van der Waals surface area contributed by atoms with Crippen molar-refractivity contribution in [2.75, 3.05) is 19.6 Å². The fourth-order valence-corrected chi connectivity index (χ4v) is 2.04. The van der Waals surface area contributed by atoms with Gasteiger partial charge in [0.2, 0.25) is 5.91 Å². The Bertz CT molecular complexity index is 369. The van der Waals surface area contributed by atoms with Gasteiger partial charge >= 0.3 is 12.0 Å². The van der Waals surface area contributed by atoms with Crippen molar-refractivity contribution in [3.05, 3.63) is 0 Å². The number of amides is 3. The third kappa shape index (κ3) is 6.46. The minimum absolute atomic E-state index is 0.0325. The molecule has 7 heteroatoms. The first-order valence-electron chi connectivity index (χ1n) is 7.37. The van der Waals surface area contributed by atoms with Gasteiger partial charge in [-0.1, -0.05) is 13.3 Å². The first-order valence-corrected chi connectivity index (χ1v) is 7.37. The lowest BCUT2D eigenvalue weighted by Crippen LogP contribution is -2.55. The van der Waals surface area contributed by atoms with Gasteiger partial charge in [0, 0.05) is 26.1 Å². The molecule has 0 aliphatic carbocycles. The van der Waals surface area contributed by atoms with Gasteiger partial charge in [-0.3, -0.25) is 4.79 Å². The summed E-state index contributed by atoms with van der Waals surface area (Å²) in [5.74, 6) is -1.10. The number of hydrogen-bond acceptors (Lipinski definition) is 3. The summed E-state index contributed by atoms with van der Waals surface area (Å²) in [6, 6.07) is -0.569. The molecular weight excluding hydrogens is 274 g/mol. The molecule has 0 radical (unpaired) electrons. The Balaban J connectivity index is 4.27. The van der Waals surface area contributed by atoms with Crippen LogP contribution in [0.25, 0.3) is 0 Å². The largest absolute Gasteiger partial charge is 0.480 e. The van der Waals surface area contributed by atoms with Crippen LogP contribution in [0.1, 0.15) is 47.0 Å². The molecule has 0 fully saturated rings. The molecule has 0 bridgehead atoms. The normalized spacial score (nSPS) is 13.1. The zero-order chi connectivity index (χ0) is 16.5. The zero-order valence-electron chi connectivity index (χ0n) is 13.4. The highest BCUT2D eigenvalue weighted by Gasteiger charge is 2.33. The molecule has 0 aliphatic rings. The number of urea groups is 1. The van der Waals surface area contributed by atoms with E-state index in [1.54, 1.807) is 4.90 Å². The summed E-state index contributed by atoms with van der Waals surface area (Å²) in [5.41, 5.74) is -1.29. The molecule has 0 saturated heterocycles. The predicted octanol–water partition coefficient (Wildman–Crippen LogP) is 1.19. The van der Waals surface area contributed by atoms with E-state index in [2.05, 4.69) is 10.6 Å². The van der Waals surface area contributed by atoms with Crippen LogP contribution in [0.5, 0.6) is 0 Å². The standard InChI is InChI=1S/C14H27N3O4/c1-5-9-14(4,12(19)20)16-13(21)15-10-8-11(18)17(6-2)7-3/h5-10H2,1-4H3,(H,19,20)(H2,15,16,21). The summed E-state index contributed by atoms with van der Waals surface area (Å²) in [6.07, 6.45) is 1.18. The minimum Gasteiger partial charge on any atom is -0.480 e. The molecule has 21 heavy (non-hydrogen) atoms. The maximum atomic E-state index is 11.7. The Kier molecular flexibility index (Phi) is 8.42. The smallest absolute Gasteiger partial charge is 0.329 e.